The fourth-order valence-corrected chi connectivity index (χ4v) is 7.42. The monoisotopic (exact) mass is 881 g/mol. The number of phenols is 1. The average Bonchev–Trinajstić information content (AvgIpc) is 3.93. The van der Waals surface area contributed by atoms with Crippen molar-refractivity contribution in [3.05, 3.63) is 102 Å². The molecule has 19 heteroatoms. The number of likely N-dealkylation sites (tertiary alicyclic amines) is 1. The van der Waals surface area contributed by atoms with Gasteiger partial charge in [0.1, 0.15) is 42.0 Å². The van der Waals surface area contributed by atoms with Gasteiger partial charge in [-0.15, -0.1) is 0 Å². The molecule has 4 aromatic rings. The molecule has 0 unspecified atom stereocenters. The molecule has 2 heterocycles. The Kier molecular flexibility index (Phi) is 16.6. The topological polar surface area (TPSA) is 308 Å². The number of nitrogens with zero attached hydrogens (tertiary/aromatic N) is 1. The summed E-state index contributed by atoms with van der Waals surface area (Å²) in [7, 11) is 0. The number of nitrogens with two attached hydrogens (primary N) is 2. The van der Waals surface area contributed by atoms with Crippen LogP contribution in [0.5, 0.6) is 5.75 Å². The molecule has 1 saturated heterocycles. The number of carboxylic acid groups (broad SMARTS) is 1. The van der Waals surface area contributed by atoms with Crippen LogP contribution in [0.3, 0.4) is 0 Å². The van der Waals surface area contributed by atoms with Crippen molar-refractivity contribution < 1.29 is 48.6 Å². The number of amides is 7. The molecular weight excluding hydrogens is 827 g/mol. The number of hydrogen-bond acceptors (Lipinski definition) is 10. The second kappa shape index (κ2) is 22.2. The summed E-state index contributed by atoms with van der Waals surface area (Å²) >= 11 is 0. The maximum Gasteiger partial charge on any atom is 0.325 e. The van der Waals surface area contributed by atoms with Gasteiger partial charge in [-0.2, -0.15) is 0 Å². The third kappa shape index (κ3) is 13.1. The molecule has 1 aliphatic heterocycles. The number of aromatic hydroxyl groups is 1. The van der Waals surface area contributed by atoms with Crippen LogP contribution >= 0.6 is 0 Å². The van der Waals surface area contributed by atoms with E-state index in [9.17, 15) is 48.6 Å². The van der Waals surface area contributed by atoms with Crippen LogP contribution in [0.15, 0.2) is 85.1 Å². The number of aliphatic carboxylic acids is 1. The molecule has 1 fully saturated rings. The lowest BCUT2D eigenvalue weighted by Crippen LogP contribution is -2.59. The van der Waals surface area contributed by atoms with Crippen LogP contribution in [-0.2, 0) is 57.6 Å². The molecule has 19 nitrogen and oxygen atoms in total. The number of hydrogen-bond donors (Lipinski definition) is 10. The van der Waals surface area contributed by atoms with Gasteiger partial charge in [-0.3, -0.25) is 38.4 Å². The van der Waals surface area contributed by atoms with E-state index < -0.39 is 89.6 Å². The van der Waals surface area contributed by atoms with Crippen LogP contribution in [0, 0.1) is 0 Å². The lowest BCUT2D eigenvalue weighted by atomic mass is 10.0. The quantitative estimate of drug-likeness (QED) is 0.0533. The lowest BCUT2D eigenvalue weighted by molar-refractivity contribution is -0.143. The maximum absolute atomic E-state index is 14.5. The molecule has 64 heavy (non-hydrogen) atoms. The third-order valence-corrected chi connectivity index (χ3v) is 11.0. The Labute approximate surface area is 369 Å². The predicted octanol–water partition coefficient (Wildman–Crippen LogP) is 0.0336. The van der Waals surface area contributed by atoms with Crippen LogP contribution in [0.1, 0.15) is 56.2 Å². The molecule has 12 N–H and O–H groups in total. The van der Waals surface area contributed by atoms with Gasteiger partial charge < -0.3 is 58.1 Å². The van der Waals surface area contributed by atoms with Gasteiger partial charge in [-0.1, -0.05) is 60.7 Å². The molecule has 0 saturated carbocycles. The van der Waals surface area contributed by atoms with E-state index in [1.807, 2.05) is 30.3 Å². The summed E-state index contributed by atoms with van der Waals surface area (Å²) in [6.45, 7) is 2.77. The van der Waals surface area contributed by atoms with Gasteiger partial charge in [0.25, 0.3) is 0 Å². The second-order valence-corrected chi connectivity index (χ2v) is 15.9. The highest BCUT2D eigenvalue weighted by Gasteiger charge is 2.40. The second-order valence-electron chi connectivity index (χ2n) is 15.9. The first-order chi connectivity index (χ1) is 30.5. The first kappa shape index (κ1) is 47.8. The summed E-state index contributed by atoms with van der Waals surface area (Å²) in [6, 6.07) is 13.7. The zero-order valence-electron chi connectivity index (χ0n) is 35.5. The number of primary amides is 1. The minimum Gasteiger partial charge on any atom is -0.508 e. The van der Waals surface area contributed by atoms with Crippen molar-refractivity contribution in [3.63, 3.8) is 0 Å². The normalized spacial score (nSPS) is 16.3. The summed E-state index contributed by atoms with van der Waals surface area (Å²) in [6.07, 6.45) is 1.92. The van der Waals surface area contributed by atoms with Crippen molar-refractivity contribution in [2.75, 3.05) is 6.54 Å². The Bertz CT molecular complexity index is 2320. The highest BCUT2D eigenvalue weighted by Crippen LogP contribution is 2.23. The van der Waals surface area contributed by atoms with Crippen molar-refractivity contribution in [1.82, 2.24) is 36.5 Å². The van der Waals surface area contributed by atoms with E-state index >= 15 is 0 Å². The Hall–Kier alpha value is -7.28. The van der Waals surface area contributed by atoms with Crippen molar-refractivity contribution in [3.8, 4) is 5.75 Å². The molecule has 7 amide bonds. The van der Waals surface area contributed by atoms with Gasteiger partial charge in [0.05, 0.1) is 6.04 Å². The lowest BCUT2D eigenvalue weighted by Gasteiger charge is -2.30. The van der Waals surface area contributed by atoms with Crippen LogP contribution in [-0.4, -0.2) is 116 Å². The van der Waals surface area contributed by atoms with Crippen LogP contribution in [0.4, 0.5) is 0 Å². The molecule has 5 rings (SSSR count). The molecule has 3 aromatic carbocycles. The number of carboxylic acids is 1. The number of H-pyrrole nitrogens is 1. The number of phenolic OH excluding ortho intramolecular Hbond substituents is 1. The van der Waals surface area contributed by atoms with E-state index in [2.05, 4.69) is 31.6 Å². The first-order valence-corrected chi connectivity index (χ1v) is 21.0. The fraction of sp³-hybridized carbons (Fsp3) is 0.378. The van der Waals surface area contributed by atoms with Crippen LogP contribution < -0.4 is 38.1 Å². The van der Waals surface area contributed by atoms with E-state index in [1.165, 1.54) is 30.9 Å². The number of rotatable bonds is 21. The summed E-state index contributed by atoms with van der Waals surface area (Å²) in [4.78, 5) is 110. The molecule has 1 aliphatic rings. The molecule has 0 spiro atoms. The van der Waals surface area contributed by atoms with Gasteiger partial charge in [0, 0.05) is 42.9 Å². The Morgan fingerprint density at radius 3 is 2.03 bits per heavy atom. The molecule has 0 bridgehead atoms. The van der Waals surface area contributed by atoms with Gasteiger partial charge in [-0.25, -0.2) is 0 Å². The standard InChI is InChI=1S/C45H55N9O10/c1-25(49-41(59)34(18-19-38(47)56)51-40(58)32(46)21-27-9-4-3-5-10-27)39(57)53-36(22-28-14-16-30(55)17-15-28)44(62)54-20-8-13-37(54)43(61)52-35(42(60)50-26(2)45(63)64)23-29-24-48-33-12-7-6-11-31(29)33/h3-7,9-12,14-17,24-26,32,34-37,48,55H,8,13,18-23,46H2,1-2H3,(H2,47,56)(H,49,59)(H,50,60)(H,51,58)(H,52,61)(H,53,57)(H,63,64)/t25-,26-,32-,34-,35-,36-,37-/m0/s1. The number of carbonyl (C=O) groups excluding carboxylic acids is 7. The molecule has 7 atom stereocenters. The van der Waals surface area contributed by atoms with Crippen molar-refractivity contribution >= 4 is 58.2 Å². The van der Waals surface area contributed by atoms with E-state index in [-0.39, 0.29) is 50.8 Å². The van der Waals surface area contributed by atoms with Gasteiger partial charge in [0.2, 0.25) is 41.4 Å². The smallest absolute Gasteiger partial charge is 0.325 e. The number of fused-ring (bicyclic) bond motifs is 1. The highest BCUT2D eigenvalue weighted by molar-refractivity contribution is 5.98. The number of nitrogens with one attached hydrogen (secondary N) is 6. The number of benzene rings is 3. The molecule has 340 valence electrons. The van der Waals surface area contributed by atoms with E-state index in [4.69, 9.17) is 11.5 Å². The van der Waals surface area contributed by atoms with Crippen molar-refractivity contribution in [1.29, 1.82) is 0 Å². The maximum atomic E-state index is 14.5. The van der Waals surface area contributed by atoms with E-state index in [0.29, 0.717) is 17.5 Å². The minimum atomic E-state index is -1.30. The van der Waals surface area contributed by atoms with E-state index in [1.54, 1.807) is 42.6 Å². The Morgan fingerprint density at radius 1 is 0.719 bits per heavy atom. The molecule has 0 radical (unpaired) electrons. The van der Waals surface area contributed by atoms with Gasteiger partial charge in [0.15, 0.2) is 0 Å². The predicted molar refractivity (Wildman–Crippen MR) is 234 cm³/mol. The highest BCUT2D eigenvalue weighted by atomic mass is 16.4. The molecule has 1 aromatic heterocycles. The van der Waals surface area contributed by atoms with Crippen LogP contribution in [0.2, 0.25) is 0 Å². The SMILES string of the molecule is C[C@H](NC(=O)[C@H](Cc1c[nH]c2ccccc12)NC(=O)[C@@H]1CCCN1C(=O)[C@H](Cc1ccc(O)cc1)NC(=O)[C@H](C)NC(=O)[C@H](CCC(N)=O)NC(=O)[C@@H](N)Cc1ccccc1)C(=O)O. The van der Waals surface area contributed by atoms with Gasteiger partial charge in [-0.05, 0) is 74.4 Å². The molecular formula is C45H55N9O10. The summed E-state index contributed by atoms with van der Waals surface area (Å²) in [5.41, 5.74) is 14.3. The van der Waals surface area contributed by atoms with Crippen molar-refractivity contribution in [2.45, 2.75) is 101 Å². The summed E-state index contributed by atoms with van der Waals surface area (Å²) in [5.74, 6) is -6.38. The Morgan fingerprint density at radius 2 is 1.34 bits per heavy atom. The number of carbonyl (C=O) groups is 8. The van der Waals surface area contributed by atoms with E-state index in [0.717, 1.165) is 16.5 Å². The fourth-order valence-electron chi connectivity index (χ4n) is 7.42. The van der Waals surface area contributed by atoms with Crippen molar-refractivity contribution in [2.24, 2.45) is 11.5 Å². The number of aromatic nitrogens is 1. The zero-order chi connectivity index (χ0) is 46.5. The number of aromatic amines is 1. The Balaban J connectivity index is 1.31. The van der Waals surface area contributed by atoms with Gasteiger partial charge >= 0.3 is 5.97 Å². The minimum absolute atomic E-state index is 0.00864. The third-order valence-electron chi connectivity index (χ3n) is 11.0. The summed E-state index contributed by atoms with van der Waals surface area (Å²) < 4.78 is 0. The number of para-hydroxylation sites is 1. The van der Waals surface area contributed by atoms with Crippen LogP contribution in [0.25, 0.3) is 10.9 Å². The first-order valence-electron chi connectivity index (χ1n) is 21.0. The average molecular weight is 882 g/mol. The zero-order valence-corrected chi connectivity index (χ0v) is 35.5. The largest absolute Gasteiger partial charge is 0.508 e. The summed E-state index contributed by atoms with van der Waals surface area (Å²) in [5, 5.41) is 33.1. The molecule has 0 aliphatic carbocycles.